The largest absolute Gasteiger partial charge is 0.481 e. The van der Waals surface area contributed by atoms with Crippen LogP contribution in [-0.2, 0) is 14.3 Å². The van der Waals surface area contributed by atoms with Gasteiger partial charge in [0.25, 0.3) is 5.91 Å². The Morgan fingerprint density at radius 3 is 2.53 bits per heavy atom. The maximum atomic E-state index is 13.1. The third-order valence-electron chi connectivity index (χ3n) is 5.19. The quantitative estimate of drug-likeness (QED) is 0.617. The monoisotopic (exact) mass is 471 g/mol. The molecule has 0 radical (unpaired) electrons. The molecule has 9 heteroatoms. The lowest BCUT2D eigenvalue weighted by molar-refractivity contribution is -0.141. The number of carbonyl (C=O) groups excluding carboxylic acids is 3. The minimum Gasteiger partial charge on any atom is -0.481 e. The average molecular weight is 472 g/mol. The van der Waals surface area contributed by atoms with Crippen LogP contribution in [0.1, 0.15) is 63.4 Å². The van der Waals surface area contributed by atoms with Gasteiger partial charge < -0.3 is 25.0 Å². The van der Waals surface area contributed by atoms with E-state index in [1.54, 1.807) is 46.0 Å². The molecule has 0 saturated carbocycles. The average Bonchev–Trinajstić information content (AvgIpc) is 2.80. The van der Waals surface area contributed by atoms with E-state index in [-0.39, 0.29) is 25.0 Å². The van der Waals surface area contributed by atoms with Crippen LogP contribution in [0.5, 0.6) is 0 Å². The highest BCUT2D eigenvalue weighted by Crippen LogP contribution is 2.26. The lowest BCUT2D eigenvalue weighted by Gasteiger charge is -2.22. The van der Waals surface area contributed by atoms with E-state index >= 15 is 0 Å². The third-order valence-corrected chi connectivity index (χ3v) is 5.19. The third kappa shape index (κ3) is 7.51. The Hall–Kier alpha value is -3.54. The highest BCUT2D eigenvalue weighted by Gasteiger charge is 2.31. The summed E-state index contributed by atoms with van der Waals surface area (Å²) in [6.45, 7) is 8.51. The maximum absolute atomic E-state index is 13.1. The lowest BCUT2D eigenvalue weighted by atomic mass is 10.1. The maximum Gasteiger partial charge on any atom is 0.407 e. The summed E-state index contributed by atoms with van der Waals surface area (Å²) in [6.07, 6.45) is 0.661. The van der Waals surface area contributed by atoms with Crippen molar-refractivity contribution in [3.63, 3.8) is 0 Å². The zero-order chi connectivity index (χ0) is 25.6. The number of nitrogens with one attached hydrogen (secondary N) is 1. The number of carboxylic acids is 1. The molecule has 0 fully saturated rings. The van der Waals surface area contributed by atoms with E-state index in [0.29, 0.717) is 29.7 Å². The van der Waals surface area contributed by atoms with E-state index in [1.165, 1.54) is 16.7 Å². The van der Waals surface area contributed by atoms with Crippen LogP contribution in [0.4, 0.5) is 10.5 Å². The molecule has 184 valence electrons. The van der Waals surface area contributed by atoms with Crippen LogP contribution >= 0.6 is 0 Å². The highest BCUT2D eigenvalue weighted by atomic mass is 16.6. The number of carboxylic acid groups (broad SMARTS) is 1. The standard InChI is InChI=1S/C25H33N3O6/c1-16(23(31)32)14-28-15-21(29)27(6)20-12-11-18(13-19(20)22(28)30)10-8-7-9-17(2)26-24(33)34-25(3,4)5/h11-13,16-17H,7,9,14-15H2,1-6H3,(H,26,33)(H,31,32). The van der Waals surface area contributed by atoms with Gasteiger partial charge in [-0.3, -0.25) is 14.4 Å². The summed E-state index contributed by atoms with van der Waals surface area (Å²) >= 11 is 0. The molecule has 9 nitrogen and oxygen atoms in total. The second-order valence-electron chi connectivity index (χ2n) is 9.50. The number of hydrogen-bond acceptors (Lipinski definition) is 5. The second kappa shape index (κ2) is 11.1. The smallest absolute Gasteiger partial charge is 0.407 e. The van der Waals surface area contributed by atoms with Gasteiger partial charge in [0.05, 0.1) is 17.2 Å². The summed E-state index contributed by atoms with van der Waals surface area (Å²) in [5, 5.41) is 12.0. The molecule has 0 saturated heterocycles. The first-order valence-corrected chi connectivity index (χ1v) is 11.2. The Balaban J connectivity index is 2.10. The van der Waals surface area contributed by atoms with Gasteiger partial charge in [-0.2, -0.15) is 0 Å². The SMILES string of the molecule is CC(CCC#Cc1ccc2c(c1)C(=O)N(CC(C)C(=O)O)CC(=O)N2C)NC(=O)OC(C)(C)C. The van der Waals surface area contributed by atoms with Gasteiger partial charge in [-0.1, -0.05) is 18.8 Å². The fourth-order valence-electron chi connectivity index (χ4n) is 3.31. The highest BCUT2D eigenvalue weighted by molar-refractivity contribution is 6.09. The van der Waals surface area contributed by atoms with Crippen molar-refractivity contribution in [3.8, 4) is 11.8 Å². The summed E-state index contributed by atoms with van der Waals surface area (Å²) in [5.41, 5.74) is 0.805. The van der Waals surface area contributed by atoms with Crippen molar-refractivity contribution < 1.29 is 29.0 Å². The van der Waals surface area contributed by atoms with Crippen LogP contribution in [0.3, 0.4) is 0 Å². The van der Waals surface area contributed by atoms with E-state index in [9.17, 15) is 24.3 Å². The number of nitrogens with zero attached hydrogens (tertiary/aromatic N) is 2. The van der Waals surface area contributed by atoms with Crippen LogP contribution < -0.4 is 10.2 Å². The molecule has 0 bridgehead atoms. The minimum atomic E-state index is -1.03. The number of anilines is 1. The number of hydrogen-bond donors (Lipinski definition) is 2. The van der Waals surface area contributed by atoms with Crippen LogP contribution in [0.15, 0.2) is 18.2 Å². The predicted octanol–water partition coefficient (Wildman–Crippen LogP) is 2.87. The molecular weight excluding hydrogens is 438 g/mol. The fraction of sp³-hybridized carbons (Fsp3) is 0.520. The van der Waals surface area contributed by atoms with Gasteiger partial charge in [0.15, 0.2) is 0 Å². The van der Waals surface area contributed by atoms with Gasteiger partial charge in [-0.15, -0.1) is 0 Å². The number of amides is 3. The van der Waals surface area contributed by atoms with Crippen LogP contribution in [0, 0.1) is 17.8 Å². The molecule has 34 heavy (non-hydrogen) atoms. The van der Waals surface area contributed by atoms with E-state index < -0.39 is 29.5 Å². The van der Waals surface area contributed by atoms with Crippen LogP contribution in [0.2, 0.25) is 0 Å². The van der Waals surface area contributed by atoms with E-state index in [2.05, 4.69) is 17.2 Å². The van der Waals surface area contributed by atoms with Gasteiger partial charge in [0.2, 0.25) is 5.91 Å². The summed E-state index contributed by atoms with van der Waals surface area (Å²) in [4.78, 5) is 51.4. The molecule has 2 unspecified atom stereocenters. The van der Waals surface area contributed by atoms with Gasteiger partial charge in [-0.05, 0) is 52.3 Å². The second-order valence-corrected chi connectivity index (χ2v) is 9.50. The topological polar surface area (TPSA) is 116 Å². The summed E-state index contributed by atoms with van der Waals surface area (Å²) in [7, 11) is 1.59. The number of aliphatic carboxylic acids is 1. The van der Waals surface area contributed by atoms with Gasteiger partial charge >= 0.3 is 12.1 Å². The summed E-state index contributed by atoms with van der Waals surface area (Å²) in [6, 6.07) is 4.91. The predicted molar refractivity (Wildman–Crippen MR) is 127 cm³/mol. The first-order valence-electron chi connectivity index (χ1n) is 11.2. The van der Waals surface area contributed by atoms with Crippen molar-refractivity contribution in [1.82, 2.24) is 10.2 Å². The van der Waals surface area contributed by atoms with Crippen molar-refractivity contribution in [3.05, 3.63) is 29.3 Å². The Labute approximate surface area is 200 Å². The van der Waals surface area contributed by atoms with Crippen molar-refractivity contribution >= 4 is 29.6 Å². The Bertz CT molecular complexity index is 1020. The van der Waals surface area contributed by atoms with Crippen molar-refractivity contribution in [2.24, 2.45) is 5.92 Å². The summed E-state index contributed by atoms with van der Waals surface area (Å²) in [5.74, 6) is 3.53. The number of alkyl carbamates (subject to hydrolysis) is 1. The molecule has 1 heterocycles. The molecule has 1 aliphatic heterocycles. The normalized spacial score (nSPS) is 15.5. The first-order chi connectivity index (χ1) is 15.8. The zero-order valence-corrected chi connectivity index (χ0v) is 20.6. The van der Waals surface area contributed by atoms with E-state index in [4.69, 9.17) is 4.74 Å². The Morgan fingerprint density at radius 1 is 1.24 bits per heavy atom. The van der Waals surface area contributed by atoms with Gasteiger partial charge in [-0.25, -0.2) is 4.79 Å². The number of fused-ring (bicyclic) bond motifs is 1. The number of likely N-dealkylation sites (N-methyl/N-ethyl adjacent to an activating group) is 1. The van der Waals surface area contributed by atoms with Crippen molar-refractivity contribution in [1.29, 1.82) is 0 Å². The molecule has 1 aromatic rings. The molecular formula is C25H33N3O6. The van der Waals surface area contributed by atoms with Gasteiger partial charge in [0, 0.05) is 31.6 Å². The number of rotatable bonds is 6. The molecule has 2 rings (SSSR count). The van der Waals surface area contributed by atoms with Crippen LogP contribution in [-0.4, -0.2) is 65.7 Å². The molecule has 3 amide bonds. The van der Waals surface area contributed by atoms with Crippen molar-refractivity contribution in [2.75, 3.05) is 25.0 Å². The Kier molecular flexibility index (Phi) is 8.68. The number of ether oxygens (including phenoxy) is 1. The number of benzene rings is 1. The molecule has 0 aliphatic carbocycles. The Morgan fingerprint density at radius 2 is 1.91 bits per heavy atom. The van der Waals surface area contributed by atoms with Crippen LogP contribution in [0.25, 0.3) is 0 Å². The number of carbonyl (C=O) groups is 4. The molecule has 2 atom stereocenters. The molecule has 0 aromatic heterocycles. The molecule has 0 spiro atoms. The first kappa shape index (κ1) is 26.7. The van der Waals surface area contributed by atoms with E-state index in [0.717, 1.165) is 0 Å². The van der Waals surface area contributed by atoms with Gasteiger partial charge in [0.1, 0.15) is 12.1 Å². The fourth-order valence-corrected chi connectivity index (χ4v) is 3.31. The zero-order valence-electron chi connectivity index (χ0n) is 20.6. The molecule has 1 aliphatic rings. The summed E-state index contributed by atoms with van der Waals surface area (Å²) < 4.78 is 5.24. The lowest BCUT2D eigenvalue weighted by Crippen LogP contribution is -2.41. The minimum absolute atomic E-state index is 0.0639. The van der Waals surface area contributed by atoms with Crippen molar-refractivity contribution in [2.45, 2.75) is 59.1 Å². The molecule has 2 N–H and O–H groups in total. The van der Waals surface area contributed by atoms with E-state index in [1.807, 2.05) is 6.92 Å². The molecule has 1 aromatic carbocycles.